The predicted molar refractivity (Wildman–Crippen MR) is 82.7 cm³/mol. The molecule has 2 unspecified atom stereocenters. The van der Waals surface area contributed by atoms with Gasteiger partial charge in [-0.15, -0.1) is 0 Å². The first-order chi connectivity index (χ1) is 10.1. The highest BCUT2D eigenvalue weighted by atomic mass is 16.5. The lowest BCUT2D eigenvalue weighted by atomic mass is 9.85. The van der Waals surface area contributed by atoms with E-state index in [0.29, 0.717) is 29.7 Å². The third-order valence-electron chi connectivity index (χ3n) is 4.12. The van der Waals surface area contributed by atoms with E-state index in [1.807, 2.05) is 0 Å². The number of nitrogens with one attached hydrogen (secondary N) is 2. The molecule has 0 aliphatic carbocycles. The van der Waals surface area contributed by atoms with Crippen molar-refractivity contribution in [3.05, 3.63) is 18.2 Å². The molecule has 0 spiro atoms. The number of benzene rings is 1. The lowest BCUT2D eigenvalue weighted by molar-refractivity contribution is -0.117. The molecule has 21 heavy (non-hydrogen) atoms. The second kappa shape index (κ2) is 7.31. The normalized spacial score (nSPS) is 19.8. The Kier molecular flexibility index (Phi) is 5.44. The Hall–Kier alpha value is -1.75. The Morgan fingerprint density at radius 1 is 1.57 bits per heavy atom. The van der Waals surface area contributed by atoms with Crippen molar-refractivity contribution in [2.75, 3.05) is 25.5 Å². The number of carbonyl (C=O) groups excluding carboxylic acids is 1. The smallest absolute Gasteiger partial charge is 0.224 e. The summed E-state index contributed by atoms with van der Waals surface area (Å²) >= 11 is 0. The number of hydrogen-bond donors (Lipinski definition) is 3. The van der Waals surface area contributed by atoms with E-state index < -0.39 is 0 Å². The molecule has 1 heterocycles. The molecular formula is C16H24N2O3. The first kappa shape index (κ1) is 15.6. The van der Waals surface area contributed by atoms with Crippen molar-refractivity contribution in [3.63, 3.8) is 0 Å². The highest BCUT2D eigenvalue weighted by molar-refractivity contribution is 5.92. The number of amides is 1. The Balaban J connectivity index is 1.91. The molecule has 1 fully saturated rings. The Labute approximate surface area is 125 Å². The number of phenols is 1. The lowest BCUT2D eigenvalue weighted by Gasteiger charge is -2.28. The van der Waals surface area contributed by atoms with E-state index in [1.165, 1.54) is 18.9 Å². The zero-order chi connectivity index (χ0) is 15.2. The third-order valence-corrected chi connectivity index (χ3v) is 4.12. The van der Waals surface area contributed by atoms with Crippen LogP contribution in [0.4, 0.5) is 5.69 Å². The van der Waals surface area contributed by atoms with Crippen LogP contribution >= 0.6 is 0 Å². The van der Waals surface area contributed by atoms with E-state index in [9.17, 15) is 9.90 Å². The molecule has 116 valence electrons. The number of anilines is 1. The molecule has 2 rings (SSSR count). The van der Waals surface area contributed by atoms with Crippen LogP contribution < -0.4 is 15.4 Å². The molecule has 5 nitrogen and oxygen atoms in total. The molecule has 3 N–H and O–H groups in total. The monoisotopic (exact) mass is 292 g/mol. The van der Waals surface area contributed by atoms with Crippen molar-refractivity contribution in [1.29, 1.82) is 0 Å². The maximum Gasteiger partial charge on any atom is 0.224 e. The first-order valence-corrected chi connectivity index (χ1v) is 7.47. The van der Waals surface area contributed by atoms with Gasteiger partial charge in [0, 0.05) is 12.5 Å². The molecule has 0 bridgehead atoms. The van der Waals surface area contributed by atoms with E-state index in [4.69, 9.17) is 4.74 Å². The van der Waals surface area contributed by atoms with Gasteiger partial charge in [0.2, 0.25) is 5.91 Å². The van der Waals surface area contributed by atoms with E-state index in [-0.39, 0.29) is 11.7 Å². The highest BCUT2D eigenvalue weighted by Crippen LogP contribution is 2.29. The fourth-order valence-corrected chi connectivity index (χ4v) is 2.77. The van der Waals surface area contributed by atoms with Crippen LogP contribution in [-0.2, 0) is 4.79 Å². The van der Waals surface area contributed by atoms with Gasteiger partial charge < -0.3 is 20.5 Å². The second-order valence-corrected chi connectivity index (χ2v) is 5.72. The summed E-state index contributed by atoms with van der Waals surface area (Å²) in [5.74, 6) is 1.45. The average Bonchev–Trinajstić information content (AvgIpc) is 2.50. The average molecular weight is 292 g/mol. The number of ether oxygens (including phenoxy) is 1. The van der Waals surface area contributed by atoms with Gasteiger partial charge in [-0.1, -0.05) is 6.92 Å². The molecule has 0 aromatic heterocycles. The summed E-state index contributed by atoms with van der Waals surface area (Å²) in [6.45, 7) is 4.18. The number of aromatic hydroxyl groups is 1. The van der Waals surface area contributed by atoms with Crippen LogP contribution in [-0.4, -0.2) is 31.2 Å². The minimum Gasteiger partial charge on any atom is -0.506 e. The fraction of sp³-hybridized carbons (Fsp3) is 0.562. The number of carbonyl (C=O) groups is 1. The summed E-state index contributed by atoms with van der Waals surface area (Å²) in [5.41, 5.74) is 0.397. The van der Waals surface area contributed by atoms with Gasteiger partial charge in [0.15, 0.2) is 0 Å². The number of methoxy groups -OCH3 is 1. The molecule has 1 aliphatic heterocycles. The molecular weight excluding hydrogens is 268 g/mol. The summed E-state index contributed by atoms with van der Waals surface area (Å²) in [5, 5.41) is 15.9. The third kappa shape index (κ3) is 4.36. The van der Waals surface area contributed by atoms with Gasteiger partial charge in [-0.2, -0.15) is 0 Å². The van der Waals surface area contributed by atoms with Gasteiger partial charge in [0.25, 0.3) is 0 Å². The quantitative estimate of drug-likeness (QED) is 0.729. The van der Waals surface area contributed by atoms with Crippen molar-refractivity contribution in [2.24, 2.45) is 11.8 Å². The molecule has 1 amide bonds. The fourth-order valence-electron chi connectivity index (χ4n) is 2.77. The zero-order valence-electron chi connectivity index (χ0n) is 12.7. The number of phenolic OH excluding ortho intramolecular Hbond substituents is 1. The van der Waals surface area contributed by atoms with E-state index >= 15 is 0 Å². The number of rotatable bonds is 5. The maximum absolute atomic E-state index is 12.1. The second-order valence-electron chi connectivity index (χ2n) is 5.72. The summed E-state index contributed by atoms with van der Waals surface area (Å²) in [6, 6.07) is 4.80. The summed E-state index contributed by atoms with van der Waals surface area (Å²) in [6.07, 6.45) is 2.81. The molecule has 1 saturated heterocycles. The van der Waals surface area contributed by atoms with Gasteiger partial charge >= 0.3 is 0 Å². The van der Waals surface area contributed by atoms with E-state index in [2.05, 4.69) is 17.6 Å². The van der Waals surface area contributed by atoms with Crippen LogP contribution in [0.5, 0.6) is 11.5 Å². The predicted octanol–water partition coefficient (Wildman–Crippen LogP) is 2.37. The van der Waals surface area contributed by atoms with Crippen LogP contribution in [0.2, 0.25) is 0 Å². The summed E-state index contributed by atoms with van der Waals surface area (Å²) in [4.78, 5) is 12.1. The van der Waals surface area contributed by atoms with Crippen molar-refractivity contribution in [3.8, 4) is 11.5 Å². The van der Waals surface area contributed by atoms with Gasteiger partial charge in [-0.05, 0) is 49.9 Å². The van der Waals surface area contributed by atoms with Crippen molar-refractivity contribution < 1.29 is 14.6 Å². The van der Waals surface area contributed by atoms with Crippen LogP contribution in [0.1, 0.15) is 26.2 Å². The first-order valence-electron chi connectivity index (χ1n) is 7.47. The maximum atomic E-state index is 12.1. The highest BCUT2D eigenvalue weighted by Gasteiger charge is 2.22. The number of hydrogen-bond acceptors (Lipinski definition) is 4. The molecule has 1 aromatic carbocycles. The topological polar surface area (TPSA) is 70.6 Å². The summed E-state index contributed by atoms with van der Waals surface area (Å²) < 4.78 is 5.10. The van der Waals surface area contributed by atoms with Gasteiger partial charge in [0.1, 0.15) is 11.5 Å². The Morgan fingerprint density at radius 2 is 2.38 bits per heavy atom. The molecule has 1 aliphatic rings. The van der Waals surface area contributed by atoms with Crippen molar-refractivity contribution >= 4 is 11.6 Å². The Bertz CT molecular complexity index is 484. The Morgan fingerprint density at radius 3 is 3.05 bits per heavy atom. The zero-order valence-corrected chi connectivity index (χ0v) is 12.7. The van der Waals surface area contributed by atoms with E-state index in [0.717, 1.165) is 13.1 Å². The molecule has 1 aromatic rings. The molecule has 0 radical (unpaired) electrons. The van der Waals surface area contributed by atoms with Crippen molar-refractivity contribution in [2.45, 2.75) is 26.2 Å². The number of piperidine rings is 1. The van der Waals surface area contributed by atoms with Gasteiger partial charge in [-0.3, -0.25) is 4.79 Å². The van der Waals surface area contributed by atoms with Crippen LogP contribution in [0.3, 0.4) is 0 Å². The largest absolute Gasteiger partial charge is 0.506 e. The molecule has 0 saturated carbocycles. The minimum atomic E-state index is -0.0726. The molecule has 5 heteroatoms. The minimum absolute atomic E-state index is 0.0520. The van der Waals surface area contributed by atoms with Crippen LogP contribution in [0.15, 0.2) is 18.2 Å². The van der Waals surface area contributed by atoms with Crippen molar-refractivity contribution in [1.82, 2.24) is 5.32 Å². The molecule has 2 atom stereocenters. The van der Waals surface area contributed by atoms with Gasteiger partial charge in [0.05, 0.1) is 12.8 Å². The standard InChI is InChI=1S/C16H24N2O3/c1-11(12-4-3-7-17-10-12)8-16(20)18-14-9-13(21-2)5-6-15(14)19/h5-6,9,11-12,17,19H,3-4,7-8,10H2,1-2H3,(H,18,20). The lowest BCUT2D eigenvalue weighted by Crippen LogP contribution is -2.34. The van der Waals surface area contributed by atoms with Crippen LogP contribution in [0.25, 0.3) is 0 Å². The SMILES string of the molecule is COc1ccc(O)c(NC(=O)CC(C)C2CCCNC2)c1. The van der Waals surface area contributed by atoms with Gasteiger partial charge in [-0.25, -0.2) is 0 Å². The van der Waals surface area contributed by atoms with E-state index in [1.54, 1.807) is 19.2 Å². The summed E-state index contributed by atoms with van der Waals surface area (Å²) in [7, 11) is 1.55. The van der Waals surface area contributed by atoms with Crippen LogP contribution in [0, 0.1) is 11.8 Å².